The van der Waals surface area contributed by atoms with Crippen molar-refractivity contribution >= 4 is 5.65 Å². The molecule has 0 saturated carbocycles. The number of aryl methyl sites for hydroxylation is 1. The van der Waals surface area contributed by atoms with Crippen LogP contribution in [0.1, 0.15) is 32.2 Å². The summed E-state index contributed by atoms with van der Waals surface area (Å²) in [6.45, 7) is 8.46. The van der Waals surface area contributed by atoms with E-state index in [0.29, 0.717) is 0 Å². The molecule has 74 valence electrons. The fourth-order valence-electron chi connectivity index (χ4n) is 1.42. The molecule has 0 aliphatic carbocycles. The van der Waals surface area contributed by atoms with Crippen LogP contribution in [-0.4, -0.2) is 14.6 Å². The van der Waals surface area contributed by atoms with Crippen molar-refractivity contribution < 1.29 is 0 Å². The summed E-state index contributed by atoms with van der Waals surface area (Å²) >= 11 is 0. The first-order chi connectivity index (χ1) is 6.47. The average molecular weight is 189 g/mol. The number of hydrogen-bond acceptors (Lipinski definition) is 2. The van der Waals surface area contributed by atoms with Crippen LogP contribution in [0.25, 0.3) is 5.65 Å². The van der Waals surface area contributed by atoms with Crippen LogP contribution in [-0.2, 0) is 5.41 Å². The molecule has 2 rings (SSSR count). The Bertz CT molecular complexity index is 463. The minimum atomic E-state index is 0.0971. The molecule has 0 radical (unpaired) electrons. The van der Waals surface area contributed by atoms with Gasteiger partial charge in [0.05, 0.1) is 5.69 Å². The molecule has 0 aliphatic heterocycles. The van der Waals surface area contributed by atoms with Crippen molar-refractivity contribution in [3.8, 4) is 0 Å². The molecule has 0 atom stereocenters. The van der Waals surface area contributed by atoms with Gasteiger partial charge < -0.3 is 0 Å². The Kier molecular flexibility index (Phi) is 1.84. The molecule has 14 heavy (non-hydrogen) atoms. The fraction of sp³-hybridized carbons (Fsp3) is 0.455. The Hall–Kier alpha value is -1.38. The summed E-state index contributed by atoms with van der Waals surface area (Å²) in [7, 11) is 0. The van der Waals surface area contributed by atoms with Crippen LogP contribution in [0.5, 0.6) is 0 Å². The minimum Gasteiger partial charge on any atom is -0.233 e. The van der Waals surface area contributed by atoms with Gasteiger partial charge in [-0.05, 0) is 13.0 Å². The van der Waals surface area contributed by atoms with Gasteiger partial charge in [-0.3, -0.25) is 0 Å². The van der Waals surface area contributed by atoms with Crippen molar-refractivity contribution in [1.82, 2.24) is 14.6 Å². The predicted octanol–water partition coefficient (Wildman–Crippen LogP) is 2.34. The maximum Gasteiger partial charge on any atom is 0.155 e. The van der Waals surface area contributed by atoms with Gasteiger partial charge in [0.25, 0.3) is 0 Å². The van der Waals surface area contributed by atoms with E-state index in [0.717, 1.165) is 17.0 Å². The summed E-state index contributed by atoms with van der Waals surface area (Å²) in [5.74, 6) is 0. The van der Waals surface area contributed by atoms with E-state index in [4.69, 9.17) is 0 Å². The Balaban J connectivity index is 2.62. The molecular formula is C11H15N3. The van der Waals surface area contributed by atoms with Crippen LogP contribution >= 0.6 is 0 Å². The van der Waals surface area contributed by atoms with Gasteiger partial charge in [-0.25, -0.2) is 9.50 Å². The summed E-state index contributed by atoms with van der Waals surface area (Å²) in [4.78, 5) is 4.57. The molecule has 0 fully saturated rings. The van der Waals surface area contributed by atoms with Crippen LogP contribution in [0.4, 0.5) is 0 Å². The normalized spacial score (nSPS) is 12.3. The largest absolute Gasteiger partial charge is 0.233 e. The Morgan fingerprint density at radius 1 is 1.29 bits per heavy atom. The first-order valence-electron chi connectivity index (χ1n) is 4.80. The summed E-state index contributed by atoms with van der Waals surface area (Å²) < 4.78 is 1.81. The third kappa shape index (κ3) is 1.50. The second-order valence-corrected chi connectivity index (χ2v) is 4.65. The third-order valence-electron chi connectivity index (χ3n) is 2.22. The molecular weight excluding hydrogens is 174 g/mol. The Morgan fingerprint density at radius 2 is 2.00 bits per heavy atom. The maximum absolute atomic E-state index is 4.57. The van der Waals surface area contributed by atoms with E-state index < -0.39 is 0 Å². The lowest BCUT2D eigenvalue weighted by Crippen LogP contribution is -2.13. The third-order valence-corrected chi connectivity index (χ3v) is 2.22. The highest BCUT2D eigenvalue weighted by Gasteiger charge is 2.15. The van der Waals surface area contributed by atoms with Gasteiger partial charge in [-0.2, -0.15) is 5.10 Å². The summed E-state index contributed by atoms with van der Waals surface area (Å²) in [5.41, 5.74) is 3.13. The topological polar surface area (TPSA) is 30.2 Å². The van der Waals surface area contributed by atoms with Crippen molar-refractivity contribution in [3.63, 3.8) is 0 Å². The van der Waals surface area contributed by atoms with Gasteiger partial charge in [-0.1, -0.05) is 20.8 Å². The number of nitrogens with zero attached hydrogens (tertiary/aromatic N) is 3. The molecule has 2 heterocycles. The first-order valence-corrected chi connectivity index (χ1v) is 4.80. The summed E-state index contributed by atoms with van der Waals surface area (Å²) in [6.07, 6.45) is 1.97. The molecule has 0 bridgehead atoms. The number of rotatable bonds is 0. The van der Waals surface area contributed by atoms with E-state index >= 15 is 0 Å². The average Bonchev–Trinajstić information content (AvgIpc) is 2.41. The number of fused-ring (bicyclic) bond motifs is 1. The minimum absolute atomic E-state index is 0.0971. The number of aromatic nitrogens is 3. The maximum atomic E-state index is 4.57. The van der Waals surface area contributed by atoms with Gasteiger partial charge in [0.15, 0.2) is 5.65 Å². The Morgan fingerprint density at radius 3 is 2.64 bits per heavy atom. The Labute approximate surface area is 83.8 Å². The van der Waals surface area contributed by atoms with Gasteiger partial charge in [0, 0.05) is 23.4 Å². The fourth-order valence-corrected chi connectivity index (χ4v) is 1.42. The highest BCUT2D eigenvalue weighted by atomic mass is 15.2. The molecule has 0 spiro atoms. The molecule has 0 amide bonds. The lowest BCUT2D eigenvalue weighted by molar-refractivity contribution is 0.568. The van der Waals surface area contributed by atoms with Gasteiger partial charge in [0.1, 0.15) is 0 Å². The van der Waals surface area contributed by atoms with Crippen molar-refractivity contribution in [2.75, 3.05) is 0 Å². The molecule has 2 aromatic heterocycles. The van der Waals surface area contributed by atoms with Gasteiger partial charge in [0.2, 0.25) is 0 Å². The van der Waals surface area contributed by atoms with Gasteiger partial charge >= 0.3 is 0 Å². The van der Waals surface area contributed by atoms with Crippen LogP contribution in [0.3, 0.4) is 0 Å². The lowest BCUT2D eigenvalue weighted by Gasteiger charge is -2.17. The second kappa shape index (κ2) is 2.80. The first kappa shape index (κ1) is 9.19. The van der Waals surface area contributed by atoms with Crippen LogP contribution in [0.15, 0.2) is 18.3 Å². The second-order valence-electron chi connectivity index (χ2n) is 4.65. The molecule has 3 heteroatoms. The monoisotopic (exact) mass is 189 g/mol. The van der Waals surface area contributed by atoms with E-state index in [1.54, 1.807) is 0 Å². The smallest absolute Gasteiger partial charge is 0.155 e. The van der Waals surface area contributed by atoms with E-state index in [1.165, 1.54) is 0 Å². The van der Waals surface area contributed by atoms with Gasteiger partial charge in [-0.15, -0.1) is 0 Å². The lowest BCUT2D eigenvalue weighted by atomic mass is 9.92. The highest BCUT2D eigenvalue weighted by Crippen LogP contribution is 2.20. The zero-order valence-electron chi connectivity index (χ0n) is 9.07. The summed E-state index contributed by atoms with van der Waals surface area (Å²) in [5, 5.41) is 4.29. The molecule has 2 aromatic rings. The van der Waals surface area contributed by atoms with Crippen LogP contribution in [0, 0.1) is 6.92 Å². The SMILES string of the molecule is Cc1cc2nc(C(C)(C)C)ccn2n1. The van der Waals surface area contributed by atoms with Crippen LogP contribution < -0.4 is 0 Å². The molecule has 3 nitrogen and oxygen atoms in total. The molecule has 0 aliphatic rings. The van der Waals surface area contributed by atoms with E-state index in [9.17, 15) is 0 Å². The molecule has 0 aromatic carbocycles. The van der Waals surface area contributed by atoms with Crippen molar-refractivity contribution in [1.29, 1.82) is 0 Å². The zero-order valence-corrected chi connectivity index (χ0v) is 9.07. The van der Waals surface area contributed by atoms with E-state index in [-0.39, 0.29) is 5.41 Å². The molecule has 0 saturated heterocycles. The zero-order chi connectivity index (χ0) is 10.3. The molecule has 0 unspecified atom stereocenters. The van der Waals surface area contributed by atoms with Crippen molar-refractivity contribution in [2.45, 2.75) is 33.1 Å². The number of hydrogen-bond donors (Lipinski definition) is 0. The summed E-state index contributed by atoms with van der Waals surface area (Å²) in [6, 6.07) is 4.02. The quantitative estimate of drug-likeness (QED) is 0.636. The van der Waals surface area contributed by atoms with Crippen molar-refractivity contribution in [2.24, 2.45) is 0 Å². The highest BCUT2D eigenvalue weighted by molar-refractivity contribution is 5.40. The predicted molar refractivity (Wildman–Crippen MR) is 56.4 cm³/mol. The van der Waals surface area contributed by atoms with E-state index in [2.05, 4.69) is 30.9 Å². The van der Waals surface area contributed by atoms with Crippen molar-refractivity contribution in [3.05, 3.63) is 29.7 Å². The van der Waals surface area contributed by atoms with Crippen LogP contribution in [0.2, 0.25) is 0 Å². The van der Waals surface area contributed by atoms with E-state index in [1.807, 2.05) is 29.8 Å². The standard InChI is InChI=1S/C11H15N3/c1-8-7-10-12-9(11(2,3)4)5-6-14(10)13-8/h5-7H,1-4H3. The molecule has 0 N–H and O–H groups in total.